The molecule has 1 amide bonds. The van der Waals surface area contributed by atoms with Crippen LogP contribution in [0.4, 0.5) is 26.3 Å². The van der Waals surface area contributed by atoms with Crippen LogP contribution in [-0.2, 0) is 28.5 Å². The Bertz CT molecular complexity index is 1090. The Morgan fingerprint density at radius 1 is 0.860 bits per heavy atom. The van der Waals surface area contributed by atoms with Crippen LogP contribution in [-0.4, -0.2) is 67.6 Å². The van der Waals surface area contributed by atoms with E-state index >= 15 is 0 Å². The molecule has 13 heteroatoms. The number of ether oxygens (including phenoxy) is 1. The van der Waals surface area contributed by atoms with Gasteiger partial charge >= 0.3 is 12.4 Å². The number of rotatable bonds is 10. The lowest BCUT2D eigenvalue weighted by atomic mass is 9.99. The van der Waals surface area contributed by atoms with Crippen molar-refractivity contribution in [3.8, 4) is 0 Å². The van der Waals surface area contributed by atoms with Gasteiger partial charge in [-0.25, -0.2) is 0 Å². The highest BCUT2D eigenvalue weighted by Crippen LogP contribution is 2.36. The van der Waals surface area contributed by atoms with Crippen LogP contribution in [0.15, 0.2) is 48.5 Å². The Labute approximate surface area is 261 Å². The summed E-state index contributed by atoms with van der Waals surface area (Å²) in [6, 6.07) is 11.2. The van der Waals surface area contributed by atoms with Gasteiger partial charge in [0.1, 0.15) is 0 Å². The maximum absolute atomic E-state index is 13.2. The van der Waals surface area contributed by atoms with Crippen molar-refractivity contribution >= 4 is 30.7 Å². The van der Waals surface area contributed by atoms with Gasteiger partial charge in [-0.3, -0.25) is 9.69 Å². The molecule has 0 bridgehead atoms. The van der Waals surface area contributed by atoms with Crippen LogP contribution in [0.2, 0.25) is 0 Å². The minimum atomic E-state index is -4.92. The SMILES string of the molecule is Cl.Cl.O=C(CN1CCC(N2CCCCC2)CC1)NCC(COCc1cc(C(F)(F)F)cc(C(F)(F)F)c1)c1ccccc1. The number of piperidine rings is 2. The predicted octanol–water partition coefficient (Wildman–Crippen LogP) is 6.93. The molecule has 0 aromatic heterocycles. The van der Waals surface area contributed by atoms with Gasteiger partial charge in [-0.2, -0.15) is 26.3 Å². The molecule has 2 aromatic carbocycles. The highest BCUT2D eigenvalue weighted by molar-refractivity contribution is 5.85. The van der Waals surface area contributed by atoms with Crippen LogP contribution in [0.5, 0.6) is 0 Å². The number of benzene rings is 2. The fraction of sp³-hybridized carbons (Fsp3) is 0.567. The predicted molar refractivity (Wildman–Crippen MR) is 158 cm³/mol. The van der Waals surface area contributed by atoms with Crippen molar-refractivity contribution in [2.75, 3.05) is 45.9 Å². The number of amides is 1. The number of nitrogens with zero attached hydrogens (tertiary/aromatic N) is 2. The Balaban J connectivity index is 0.00000323. The first-order chi connectivity index (χ1) is 19.5. The average Bonchev–Trinajstić information content (AvgIpc) is 2.95. The number of alkyl halides is 6. The van der Waals surface area contributed by atoms with Gasteiger partial charge in [0.15, 0.2) is 0 Å². The van der Waals surface area contributed by atoms with Gasteiger partial charge in [0.05, 0.1) is 30.9 Å². The lowest BCUT2D eigenvalue weighted by Crippen LogP contribution is -2.49. The summed E-state index contributed by atoms with van der Waals surface area (Å²) in [7, 11) is 0. The summed E-state index contributed by atoms with van der Waals surface area (Å²) >= 11 is 0. The first-order valence-corrected chi connectivity index (χ1v) is 14.1. The summed E-state index contributed by atoms with van der Waals surface area (Å²) in [5.74, 6) is -0.465. The summed E-state index contributed by atoms with van der Waals surface area (Å²) in [5, 5.41) is 2.94. The number of hydrogen-bond donors (Lipinski definition) is 1. The molecule has 2 aliphatic rings. The zero-order chi connectivity index (χ0) is 29.5. The van der Waals surface area contributed by atoms with Crippen LogP contribution in [0, 0.1) is 0 Å². The fourth-order valence-electron chi connectivity index (χ4n) is 5.64. The first-order valence-electron chi connectivity index (χ1n) is 14.1. The summed E-state index contributed by atoms with van der Waals surface area (Å²) in [4.78, 5) is 17.5. The van der Waals surface area contributed by atoms with Gasteiger partial charge in [0.2, 0.25) is 5.91 Å². The van der Waals surface area contributed by atoms with Gasteiger partial charge in [-0.15, -0.1) is 24.8 Å². The third-order valence-electron chi connectivity index (χ3n) is 7.88. The van der Waals surface area contributed by atoms with Crippen molar-refractivity contribution in [3.05, 3.63) is 70.8 Å². The lowest BCUT2D eigenvalue weighted by Gasteiger charge is -2.40. The molecule has 1 N–H and O–H groups in total. The van der Waals surface area contributed by atoms with E-state index in [0.717, 1.165) is 44.6 Å². The van der Waals surface area contributed by atoms with E-state index in [0.29, 0.717) is 18.2 Å². The second kappa shape index (κ2) is 16.9. The van der Waals surface area contributed by atoms with Gasteiger partial charge in [0.25, 0.3) is 0 Å². The highest BCUT2D eigenvalue weighted by Gasteiger charge is 2.37. The highest BCUT2D eigenvalue weighted by atomic mass is 35.5. The van der Waals surface area contributed by atoms with E-state index in [1.165, 1.54) is 19.3 Å². The van der Waals surface area contributed by atoms with E-state index in [9.17, 15) is 31.1 Å². The number of nitrogens with one attached hydrogen (secondary N) is 1. The molecule has 4 rings (SSSR count). The Morgan fingerprint density at radius 3 is 2.00 bits per heavy atom. The summed E-state index contributed by atoms with van der Waals surface area (Å²) in [6.45, 7) is 4.10. The van der Waals surface area contributed by atoms with E-state index < -0.39 is 30.1 Å². The standard InChI is InChI=1S/C30H37F6N3O2.2ClH/c31-29(32,33)25-15-22(16-26(17-25)30(34,35)36)20-41-21-24(23-7-3-1-4-8-23)18-37-28(40)19-38-13-9-27(10-14-38)39-11-5-2-6-12-39;;/h1,3-4,7-8,15-17,24,27H,2,5-6,9-14,18-21H2,(H,37,40);2*1H. The summed E-state index contributed by atoms with van der Waals surface area (Å²) in [6.07, 6.45) is -3.95. The van der Waals surface area contributed by atoms with E-state index in [1.807, 2.05) is 30.3 Å². The van der Waals surface area contributed by atoms with Gasteiger partial charge in [-0.05, 0) is 68.1 Å². The Hall–Kier alpha value is -2.05. The third kappa shape index (κ3) is 11.4. The number of halogens is 8. The molecule has 1 unspecified atom stereocenters. The summed E-state index contributed by atoms with van der Waals surface area (Å²) < 4.78 is 84.8. The molecule has 2 heterocycles. The molecular formula is C30H39Cl2F6N3O2. The quantitative estimate of drug-likeness (QED) is 0.281. The summed E-state index contributed by atoms with van der Waals surface area (Å²) in [5.41, 5.74) is -2.14. The smallest absolute Gasteiger partial charge is 0.376 e. The largest absolute Gasteiger partial charge is 0.416 e. The first kappa shape index (κ1) is 37.1. The van der Waals surface area contributed by atoms with E-state index in [2.05, 4.69) is 15.1 Å². The maximum atomic E-state index is 13.2. The van der Waals surface area contributed by atoms with Crippen molar-refractivity contribution in [1.29, 1.82) is 0 Å². The number of likely N-dealkylation sites (tertiary alicyclic amines) is 2. The van der Waals surface area contributed by atoms with Crippen LogP contribution < -0.4 is 5.32 Å². The van der Waals surface area contributed by atoms with Crippen LogP contribution in [0.1, 0.15) is 60.3 Å². The normalized spacial score (nSPS) is 17.9. The fourth-order valence-corrected chi connectivity index (χ4v) is 5.64. The molecule has 0 radical (unpaired) electrons. The van der Waals surface area contributed by atoms with Crippen LogP contribution >= 0.6 is 24.8 Å². The van der Waals surface area contributed by atoms with Crippen molar-refractivity contribution in [2.45, 2.75) is 63.0 Å². The van der Waals surface area contributed by atoms with E-state index in [1.54, 1.807) is 0 Å². The topological polar surface area (TPSA) is 44.8 Å². The second-order valence-corrected chi connectivity index (χ2v) is 10.9. The molecule has 43 heavy (non-hydrogen) atoms. The van der Waals surface area contributed by atoms with Crippen molar-refractivity contribution in [3.63, 3.8) is 0 Å². The molecule has 5 nitrogen and oxygen atoms in total. The maximum Gasteiger partial charge on any atom is 0.416 e. The molecule has 2 saturated heterocycles. The molecule has 0 spiro atoms. The van der Waals surface area contributed by atoms with Gasteiger partial charge in [0, 0.05) is 31.6 Å². The second-order valence-electron chi connectivity index (χ2n) is 10.9. The molecule has 2 aromatic rings. The zero-order valence-corrected chi connectivity index (χ0v) is 25.4. The Morgan fingerprint density at radius 2 is 1.44 bits per heavy atom. The Kier molecular flexibility index (Phi) is 14.6. The van der Waals surface area contributed by atoms with Crippen molar-refractivity contribution < 1.29 is 35.9 Å². The molecule has 0 aliphatic carbocycles. The lowest BCUT2D eigenvalue weighted by molar-refractivity contribution is -0.143. The van der Waals surface area contributed by atoms with E-state index in [4.69, 9.17) is 4.74 Å². The number of carbonyl (C=O) groups is 1. The van der Waals surface area contributed by atoms with Crippen molar-refractivity contribution in [1.82, 2.24) is 15.1 Å². The average molecular weight is 659 g/mol. The number of carbonyl (C=O) groups excluding carboxylic acids is 1. The monoisotopic (exact) mass is 657 g/mol. The number of hydrogen-bond acceptors (Lipinski definition) is 4. The minimum absolute atomic E-state index is 0. The molecule has 2 fully saturated rings. The van der Waals surface area contributed by atoms with Gasteiger partial charge < -0.3 is 15.0 Å². The van der Waals surface area contributed by atoms with E-state index in [-0.39, 0.29) is 68.0 Å². The molecule has 0 saturated carbocycles. The molecule has 242 valence electrons. The van der Waals surface area contributed by atoms with Crippen LogP contribution in [0.3, 0.4) is 0 Å². The minimum Gasteiger partial charge on any atom is -0.376 e. The zero-order valence-electron chi connectivity index (χ0n) is 23.8. The third-order valence-corrected chi connectivity index (χ3v) is 7.88. The van der Waals surface area contributed by atoms with Gasteiger partial charge in [-0.1, -0.05) is 36.8 Å². The van der Waals surface area contributed by atoms with Crippen LogP contribution in [0.25, 0.3) is 0 Å². The molecular weight excluding hydrogens is 619 g/mol. The molecule has 1 atom stereocenters. The molecule has 2 aliphatic heterocycles. The van der Waals surface area contributed by atoms with Crippen molar-refractivity contribution in [2.24, 2.45) is 0 Å².